The number of esters is 3. The molecule has 0 amide bonds. The van der Waals surface area contributed by atoms with Gasteiger partial charge in [-0.2, -0.15) is 0 Å². The molecule has 0 aliphatic rings. The van der Waals surface area contributed by atoms with Crippen molar-refractivity contribution in [2.75, 3.05) is 13.2 Å². The fourth-order valence-electron chi connectivity index (χ4n) is 7.65. The second-order valence-electron chi connectivity index (χ2n) is 17.8. The molecule has 0 aliphatic heterocycles. The van der Waals surface area contributed by atoms with Crippen LogP contribution in [0.15, 0.2) is 36.5 Å². The van der Waals surface area contributed by atoms with Gasteiger partial charge >= 0.3 is 17.9 Å². The number of allylic oxidation sites excluding steroid dienone is 6. The highest BCUT2D eigenvalue weighted by molar-refractivity contribution is 5.71. The van der Waals surface area contributed by atoms with Crippen molar-refractivity contribution in [2.45, 2.75) is 284 Å². The van der Waals surface area contributed by atoms with Gasteiger partial charge in [0.25, 0.3) is 0 Å². The molecular formula is C55H100O6. The Kier molecular flexibility index (Phi) is 48.3. The Morgan fingerprint density at radius 3 is 1.00 bits per heavy atom. The maximum atomic E-state index is 12.8. The van der Waals surface area contributed by atoms with Crippen LogP contribution in [0.25, 0.3) is 0 Å². The maximum absolute atomic E-state index is 12.8. The minimum Gasteiger partial charge on any atom is -0.462 e. The molecule has 6 heteroatoms. The van der Waals surface area contributed by atoms with Crippen LogP contribution in [0.1, 0.15) is 278 Å². The van der Waals surface area contributed by atoms with E-state index in [0.29, 0.717) is 19.3 Å². The quantitative estimate of drug-likeness (QED) is 0.0262. The highest BCUT2D eigenvalue weighted by Gasteiger charge is 2.19. The summed E-state index contributed by atoms with van der Waals surface area (Å²) in [6.45, 7) is 6.53. The van der Waals surface area contributed by atoms with Crippen LogP contribution >= 0.6 is 0 Å². The number of carbonyl (C=O) groups excluding carboxylic acids is 3. The summed E-state index contributed by atoms with van der Waals surface area (Å²) in [5.74, 6) is -0.878. The van der Waals surface area contributed by atoms with Gasteiger partial charge in [0.05, 0.1) is 0 Å². The Morgan fingerprint density at radius 1 is 0.344 bits per heavy atom. The summed E-state index contributed by atoms with van der Waals surface area (Å²) < 4.78 is 16.8. The number of ether oxygens (including phenoxy) is 3. The molecule has 0 aliphatic carbocycles. The van der Waals surface area contributed by atoms with Crippen LogP contribution in [-0.4, -0.2) is 37.2 Å². The van der Waals surface area contributed by atoms with E-state index >= 15 is 0 Å². The molecule has 0 radical (unpaired) electrons. The molecule has 0 N–H and O–H groups in total. The Morgan fingerprint density at radius 2 is 0.639 bits per heavy atom. The largest absolute Gasteiger partial charge is 0.462 e. The molecule has 356 valence electrons. The Balaban J connectivity index is 4.30. The summed E-state index contributed by atoms with van der Waals surface area (Å²) in [6.07, 6.45) is 58.5. The van der Waals surface area contributed by atoms with E-state index in [1.54, 1.807) is 0 Å². The predicted molar refractivity (Wildman–Crippen MR) is 261 cm³/mol. The van der Waals surface area contributed by atoms with Crippen LogP contribution in [-0.2, 0) is 28.6 Å². The van der Waals surface area contributed by atoms with Crippen molar-refractivity contribution in [3.8, 4) is 0 Å². The molecule has 6 nitrogen and oxygen atoms in total. The molecule has 0 heterocycles. The van der Waals surface area contributed by atoms with Crippen molar-refractivity contribution in [3.63, 3.8) is 0 Å². The van der Waals surface area contributed by atoms with Crippen molar-refractivity contribution >= 4 is 17.9 Å². The van der Waals surface area contributed by atoms with Crippen molar-refractivity contribution < 1.29 is 28.6 Å². The lowest BCUT2D eigenvalue weighted by atomic mass is 10.1. The molecule has 0 fully saturated rings. The maximum Gasteiger partial charge on any atom is 0.306 e. The first-order valence-electron chi connectivity index (χ1n) is 26.5. The monoisotopic (exact) mass is 857 g/mol. The average Bonchev–Trinajstić information content (AvgIpc) is 3.26. The fraction of sp³-hybridized carbons (Fsp3) is 0.836. The first-order chi connectivity index (χ1) is 30.0. The van der Waals surface area contributed by atoms with Crippen LogP contribution in [0.2, 0.25) is 0 Å². The number of rotatable bonds is 48. The molecule has 0 saturated heterocycles. The first-order valence-corrected chi connectivity index (χ1v) is 26.5. The smallest absolute Gasteiger partial charge is 0.306 e. The Hall–Kier alpha value is -2.37. The average molecular weight is 857 g/mol. The first kappa shape index (κ1) is 58.6. The normalized spacial score (nSPS) is 12.2. The van der Waals surface area contributed by atoms with Crippen LogP contribution in [0.3, 0.4) is 0 Å². The molecule has 1 atom stereocenters. The van der Waals surface area contributed by atoms with Gasteiger partial charge in [-0.1, -0.05) is 224 Å². The van der Waals surface area contributed by atoms with E-state index in [4.69, 9.17) is 14.2 Å². The SMILES string of the molecule is CC/C=C\C/C=C\CCCCCCCCCC(=O)OC(COC(=O)CCCCCCCCC/C=C\CCCCCCCCCC)COC(=O)CCCCCCCCCCCC. The zero-order chi connectivity index (χ0) is 44.4. The summed E-state index contributed by atoms with van der Waals surface area (Å²) >= 11 is 0. The minimum atomic E-state index is -0.773. The summed E-state index contributed by atoms with van der Waals surface area (Å²) in [4.78, 5) is 37.9. The molecule has 0 aromatic carbocycles. The van der Waals surface area contributed by atoms with Gasteiger partial charge in [0.2, 0.25) is 0 Å². The molecule has 0 bridgehead atoms. The van der Waals surface area contributed by atoms with Crippen molar-refractivity contribution in [1.82, 2.24) is 0 Å². The summed E-state index contributed by atoms with van der Waals surface area (Å²) in [5, 5.41) is 0. The molecule has 0 spiro atoms. The van der Waals surface area contributed by atoms with Crippen LogP contribution in [0.4, 0.5) is 0 Å². The van der Waals surface area contributed by atoms with E-state index in [1.165, 1.54) is 161 Å². The topological polar surface area (TPSA) is 78.9 Å². The van der Waals surface area contributed by atoms with Crippen LogP contribution in [0.5, 0.6) is 0 Å². The zero-order valence-corrected chi connectivity index (χ0v) is 40.7. The van der Waals surface area contributed by atoms with E-state index in [-0.39, 0.29) is 31.1 Å². The summed E-state index contributed by atoms with van der Waals surface area (Å²) in [5.41, 5.74) is 0. The number of carbonyl (C=O) groups is 3. The summed E-state index contributed by atoms with van der Waals surface area (Å²) in [6, 6.07) is 0. The van der Waals surface area contributed by atoms with E-state index in [0.717, 1.165) is 77.0 Å². The van der Waals surface area contributed by atoms with Crippen LogP contribution in [0, 0.1) is 0 Å². The van der Waals surface area contributed by atoms with Gasteiger partial charge in [-0.15, -0.1) is 0 Å². The standard InChI is InChI=1S/C55H100O6/c1-4-7-10-13-16-19-22-24-26-27-28-29-30-32-33-36-39-42-45-48-54(57)60-51-52(50-59-53(56)47-44-41-38-35-21-18-15-12-9-6-3)61-55(58)49-46-43-40-37-34-31-25-23-20-17-14-11-8-5-2/h8,11,17,20,27-28,52H,4-7,9-10,12-16,18-19,21-26,29-51H2,1-3H3/b11-8-,20-17-,28-27-. The fourth-order valence-corrected chi connectivity index (χ4v) is 7.65. The highest BCUT2D eigenvalue weighted by Crippen LogP contribution is 2.15. The zero-order valence-electron chi connectivity index (χ0n) is 40.7. The Bertz CT molecular complexity index is 1030. The molecule has 0 aromatic heterocycles. The molecular weight excluding hydrogens is 757 g/mol. The van der Waals surface area contributed by atoms with Gasteiger partial charge < -0.3 is 14.2 Å². The number of hydrogen-bond donors (Lipinski definition) is 0. The van der Waals surface area contributed by atoms with Crippen molar-refractivity contribution in [2.24, 2.45) is 0 Å². The third-order valence-electron chi connectivity index (χ3n) is 11.6. The third-order valence-corrected chi connectivity index (χ3v) is 11.6. The van der Waals surface area contributed by atoms with Gasteiger partial charge in [-0.05, 0) is 70.6 Å². The summed E-state index contributed by atoms with van der Waals surface area (Å²) in [7, 11) is 0. The van der Waals surface area contributed by atoms with Crippen LogP contribution < -0.4 is 0 Å². The van der Waals surface area contributed by atoms with Gasteiger partial charge in [0, 0.05) is 19.3 Å². The lowest BCUT2D eigenvalue weighted by molar-refractivity contribution is -0.167. The molecule has 1 unspecified atom stereocenters. The number of unbranched alkanes of at least 4 members (excludes halogenated alkanes) is 31. The molecule has 0 rings (SSSR count). The second-order valence-corrected chi connectivity index (χ2v) is 17.8. The molecule has 61 heavy (non-hydrogen) atoms. The van der Waals surface area contributed by atoms with E-state index in [1.807, 2.05) is 0 Å². The highest BCUT2D eigenvalue weighted by atomic mass is 16.6. The number of hydrogen-bond acceptors (Lipinski definition) is 6. The second kappa shape index (κ2) is 50.3. The lowest BCUT2D eigenvalue weighted by Gasteiger charge is -2.18. The van der Waals surface area contributed by atoms with Gasteiger partial charge in [-0.3, -0.25) is 14.4 Å². The van der Waals surface area contributed by atoms with Gasteiger partial charge in [0.15, 0.2) is 6.10 Å². The minimum absolute atomic E-state index is 0.0741. The molecule has 0 saturated carbocycles. The Labute approximate surface area is 378 Å². The van der Waals surface area contributed by atoms with E-state index < -0.39 is 6.10 Å². The van der Waals surface area contributed by atoms with E-state index in [2.05, 4.69) is 57.2 Å². The van der Waals surface area contributed by atoms with Crippen molar-refractivity contribution in [1.29, 1.82) is 0 Å². The third kappa shape index (κ3) is 48.5. The van der Waals surface area contributed by atoms with Crippen molar-refractivity contribution in [3.05, 3.63) is 36.5 Å². The predicted octanol–water partition coefficient (Wildman–Crippen LogP) is 17.3. The van der Waals surface area contributed by atoms with Gasteiger partial charge in [-0.25, -0.2) is 0 Å². The van der Waals surface area contributed by atoms with E-state index in [9.17, 15) is 14.4 Å². The lowest BCUT2D eigenvalue weighted by Crippen LogP contribution is -2.30. The molecule has 0 aromatic rings. The van der Waals surface area contributed by atoms with Gasteiger partial charge in [0.1, 0.15) is 13.2 Å².